The second kappa shape index (κ2) is 8.16. The molecule has 134 valence electrons. The molecule has 2 heterocycles. The first-order valence-corrected chi connectivity index (χ1v) is 8.83. The van der Waals surface area contributed by atoms with E-state index in [0.29, 0.717) is 12.5 Å². The van der Waals surface area contributed by atoms with Crippen LogP contribution in [0.25, 0.3) is 0 Å². The summed E-state index contributed by atoms with van der Waals surface area (Å²) in [6.45, 7) is 8.84. The molecule has 1 fully saturated rings. The van der Waals surface area contributed by atoms with E-state index < -0.39 is 0 Å². The van der Waals surface area contributed by atoms with Crippen molar-refractivity contribution < 1.29 is 9.32 Å². The number of hydrogen-bond donors (Lipinski definition) is 1. The molecule has 0 aliphatic carbocycles. The van der Waals surface area contributed by atoms with Crippen LogP contribution in [-0.4, -0.2) is 53.7 Å². The van der Waals surface area contributed by atoms with Crippen molar-refractivity contribution in [1.82, 2.24) is 20.3 Å². The maximum Gasteiger partial charge on any atom is 0.317 e. The Labute approximate surface area is 148 Å². The molecule has 1 aliphatic rings. The summed E-state index contributed by atoms with van der Waals surface area (Å²) in [5.74, 6) is 0.304. The molecule has 0 spiro atoms. The Morgan fingerprint density at radius 2 is 1.92 bits per heavy atom. The Hall–Kier alpha value is -2.34. The van der Waals surface area contributed by atoms with Crippen molar-refractivity contribution in [3.63, 3.8) is 0 Å². The molecule has 1 saturated heterocycles. The number of nitrogens with zero attached hydrogens (tertiary/aromatic N) is 3. The lowest BCUT2D eigenvalue weighted by molar-refractivity contribution is 0.133. The van der Waals surface area contributed by atoms with Crippen LogP contribution >= 0.6 is 0 Å². The molecule has 2 amide bonds. The Kier molecular flexibility index (Phi) is 5.71. The summed E-state index contributed by atoms with van der Waals surface area (Å²) in [6.07, 6.45) is 1.59. The van der Waals surface area contributed by atoms with Crippen molar-refractivity contribution in [2.45, 2.75) is 26.3 Å². The van der Waals surface area contributed by atoms with Gasteiger partial charge in [0, 0.05) is 45.3 Å². The van der Waals surface area contributed by atoms with E-state index in [1.807, 2.05) is 11.0 Å². The number of aromatic nitrogens is 1. The van der Waals surface area contributed by atoms with Crippen LogP contribution in [0.3, 0.4) is 0 Å². The number of rotatable bonds is 5. The quantitative estimate of drug-likeness (QED) is 0.907. The van der Waals surface area contributed by atoms with Gasteiger partial charge in [0.1, 0.15) is 6.26 Å². The van der Waals surface area contributed by atoms with E-state index in [-0.39, 0.29) is 6.03 Å². The molecule has 1 aliphatic heterocycles. The molecule has 0 unspecified atom stereocenters. The lowest BCUT2D eigenvalue weighted by Gasteiger charge is -2.34. The van der Waals surface area contributed by atoms with Gasteiger partial charge in [-0.2, -0.15) is 0 Å². The van der Waals surface area contributed by atoms with Crippen LogP contribution in [0.15, 0.2) is 41.1 Å². The third-order valence-electron chi connectivity index (χ3n) is 4.74. The van der Waals surface area contributed by atoms with Gasteiger partial charge in [0.05, 0.1) is 5.69 Å². The van der Waals surface area contributed by atoms with E-state index in [2.05, 4.69) is 53.5 Å². The van der Waals surface area contributed by atoms with E-state index in [9.17, 15) is 4.79 Å². The van der Waals surface area contributed by atoms with Crippen molar-refractivity contribution >= 4 is 6.03 Å². The minimum absolute atomic E-state index is 0.0278. The Morgan fingerprint density at radius 3 is 2.56 bits per heavy atom. The van der Waals surface area contributed by atoms with Crippen molar-refractivity contribution in [1.29, 1.82) is 0 Å². The van der Waals surface area contributed by atoms with Crippen LogP contribution in [0.4, 0.5) is 4.79 Å². The highest BCUT2D eigenvalue weighted by Crippen LogP contribution is 2.15. The van der Waals surface area contributed by atoms with E-state index in [0.717, 1.165) is 38.4 Å². The summed E-state index contributed by atoms with van der Waals surface area (Å²) >= 11 is 0. The molecule has 25 heavy (non-hydrogen) atoms. The second-order valence-corrected chi connectivity index (χ2v) is 6.75. The topological polar surface area (TPSA) is 61.6 Å². The summed E-state index contributed by atoms with van der Waals surface area (Å²) < 4.78 is 4.86. The average Bonchev–Trinajstić information content (AvgIpc) is 3.13. The van der Waals surface area contributed by atoms with E-state index in [4.69, 9.17) is 4.52 Å². The zero-order valence-electron chi connectivity index (χ0n) is 14.9. The number of nitrogens with one attached hydrogen (secondary N) is 1. The number of carbonyl (C=O) groups excluding carboxylic acids is 1. The summed E-state index contributed by atoms with van der Waals surface area (Å²) in [7, 11) is 0. The van der Waals surface area contributed by atoms with Crippen LogP contribution in [0, 0.1) is 6.92 Å². The largest absolute Gasteiger partial charge is 0.364 e. The third-order valence-corrected chi connectivity index (χ3v) is 4.74. The molecular weight excluding hydrogens is 316 g/mol. The maximum atomic E-state index is 12.4. The summed E-state index contributed by atoms with van der Waals surface area (Å²) in [4.78, 5) is 16.6. The zero-order chi connectivity index (χ0) is 17.6. The molecule has 1 aromatic heterocycles. The predicted octanol–water partition coefficient (Wildman–Crippen LogP) is 2.61. The summed E-state index contributed by atoms with van der Waals surface area (Å²) in [5, 5.41) is 7.00. The van der Waals surface area contributed by atoms with Crippen molar-refractivity contribution in [3.8, 4) is 0 Å². The van der Waals surface area contributed by atoms with Crippen molar-refractivity contribution in [2.24, 2.45) is 0 Å². The molecule has 1 N–H and O–H groups in total. The SMILES string of the molecule is Cc1ccc([C@@H](C)CNC(=O)N2CCN(Cc3ccon3)CC2)cc1. The molecule has 1 aromatic carbocycles. The van der Waals surface area contributed by atoms with Gasteiger partial charge in [0.15, 0.2) is 0 Å². The second-order valence-electron chi connectivity index (χ2n) is 6.75. The molecule has 6 nitrogen and oxygen atoms in total. The van der Waals surface area contributed by atoms with Crippen molar-refractivity contribution in [2.75, 3.05) is 32.7 Å². The fraction of sp³-hybridized carbons (Fsp3) is 0.474. The zero-order valence-corrected chi connectivity index (χ0v) is 14.9. The fourth-order valence-corrected chi connectivity index (χ4v) is 3.02. The minimum atomic E-state index is 0.0278. The maximum absolute atomic E-state index is 12.4. The highest BCUT2D eigenvalue weighted by Gasteiger charge is 2.21. The number of carbonyl (C=O) groups is 1. The number of hydrogen-bond acceptors (Lipinski definition) is 4. The number of amides is 2. The first kappa shape index (κ1) is 17.5. The number of piperazine rings is 1. The van der Waals surface area contributed by atoms with Gasteiger partial charge in [-0.3, -0.25) is 4.90 Å². The van der Waals surface area contributed by atoms with Crippen LogP contribution < -0.4 is 5.32 Å². The third kappa shape index (κ3) is 4.82. The molecule has 0 bridgehead atoms. The lowest BCUT2D eigenvalue weighted by atomic mass is 10.0. The standard InChI is InChI=1S/C19H26N4O2/c1-15-3-5-17(6-4-15)16(2)13-20-19(24)23-10-8-22(9-11-23)14-18-7-12-25-21-18/h3-7,12,16H,8-11,13-14H2,1-2H3,(H,20,24)/t16-/m0/s1. The van der Waals surface area contributed by atoms with Crippen LogP contribution in [-0.2, 0) is 6.54 Å². The summed E-state index contributed by atoms with van der Waals surface area (Å²) in [5.41, 5.74) is 3.44. The minimum Gasteiger partial charge on any atom is -0.364 e. The van der Waals surface area contributed by atoms with Crippen molar-refractivity contribution in [3.05, 3.63) is 53.4 Å². The van der Waals surface area contributed by atoms with Gasteiger partial charge < -0.3 is 14.7 Å². The molecule has 1 atom stereocenters. The van der Waals surface area contributed by atoms with Gasteiger partial charge in [0.25, 0.3) is 0 Å². The first-order valence-electron chi connectivity index (χ1n) is 8.83. The lowest BCUT2D eigenvalue weighted by Crippen LogP contribution is -2.51. The molecular formula is C19H26N4O2. The highest BCUT2D eigenvalue weighted by atomic mass is 16.5. The van der Waals surface area contributed by atoms with Gasteiger partial charge >= 0.3 is 6.03 Å². The Morgan fingerprint density at radius 1 is 1.20 bits per heavy atom. The van der Waals surface area contributed by atoms with Gasteiger partial charge in [-0.15, -0.1) is 0 Å². The van der Waals surface area contributed by atoms with Crippen LogP contribution in [0.5, 0.6) is 0 Å². The molecule has 0 radical (unpaired) electrons. The Bertz CT molecular complexity index is 661. The fourth-order valence-electron chi connectivity index (χ4n) is 3.02. The van der Waals surface area contributed by atoms with Gasteiger partial charge in [-0.25, -0.2) is 4.79 Å². The van der Waals surface area contributed by atoms with E-state index >= 15 is 0 Å². The normalized spacial score (nSPS) is 16.6. The highest BCUT2D eigenvalue weighted by molar-refractivity contribution is 5.74. The van der Waals surface area contributed by atoms with Crippen LogP contribution in [0.1, 0.15) is 29.7 Å². The molecule has 6 heteroatoms. The van der Waals surface area contributed by atoms with E-state index in [1.165, 1.54) is 11.1 Å². The number of urea groups is 1. The van der Waals surface area contributed by atoms with Gasteiger partial charge in [0.2, 0.25) is 0 Å². The van der Waals surface area contributed by atoms with Gasteiger partial charge in [-0.05, 0) is 18.4 Å². The molecule has 3 rings (SSSR count). The number of benzene rings is 1. The van der Waals surface area contributed by atoms with Gasteiger partial charge in [-0.1, -0.05) is 41.9 Å². The van der Waals surface area contributed by atoms with E-state index in [1.54, 1.807) is 6.26 Å². The monoisotopic (exact) mass is 342 g/mol. The number of aryl methyl sites for hydroxylation is 1. The van der Waals surface area contributed by atoms with Crippen LogP contribution in [0.2, 0.25) is 0 Å². The average molecular weight is 342 g/mol. The Balaban J connectivity index is 1.41. The smallest absolute Gasteiger partial charge is 0.317 e. The molecule has 2 aromatic rings. The predicted molar refractivity (Wildman–Crippen MR) is 96.3 cm³/mol. The molecule has 0 saturated carbocycles. The summed E-state index contributed by atoms with van der Waals surface area (Å²) in [6, 6.07) is 10.4. The first-order chi connectivity index (χ1) is 12.1.